The molecule has 4 nitrogen and oxygen atoms in total. The Kier molecular flexibility index (Phi) is 7.43. The van der Waals surface area contributed by atoms with E-state index in [1.807, 2.05) is 38.1 Å². The zero-order chi connectivity index (χ0) is 15.7. The molecule has 0 spiro atoms. The lowest BCUT2D eigenvalue weighted by atomic mass is 10.1. The fraction of sp³-hybridized carbons (Fsp3) is 0.529. The largest absolute Gasteiger partial charge is 0.473 e. The fourth-order valence-corrected chi connectivity index (χ4v) is 1.81. The minimum Gasteiger partial charge on any atom is -0.473 e. The van der Waals surface area contributed by atoms with E-state index in [1.54, 1.807) is 13.0 Å². The first-order valence-corrected chi connectivity index (χ1v) is 7.32. The quantitative estimate of drug-likeness (QED) is 0.395. The lowest BCUT2D eigenvalue weighted by Gasteiger charge is -2.28. The Hall–Kier alpha value is -1.36. The first-order chi connectivity index (χ1) is 9.93. The van der Waals surface area contributed by atoms with Gasteiger partial charge in [-0.3, -0.25) is 5.32 Å². The lowest BCUT2D eigenvalue weighted by molar-refractivity contribution is 0.0547. The van der Waals surface area contributed by atoms with Gasteiger partial charge >= 0.3 is 0 Å². The molecule has 0 aromatic heterocycles. The highest BCUT2D eigenvalue weighted by atomic mass is 16.5. The van der Waals surface area contributed by atoms with E-state index >= 15 is 0 Å². The summed E-state index contributed by atoms with van der Waals surface area (Å²) in [6.07, 6.45) is 2.22. The normalized spacial score (nSPS) is 13.0. The number of ether oxygens (including phenoxy) is 2. The first-order valence-electron chi connectivity index (χ1n) is 7.32. The molecule has 21 heavy (non-hydrogen) atoms. The van der Waals surface area contributed by atoms with Gasteiger partial charge in [0.2, 0.25) is 0 Å². The maximum absolute atomic E-state index is 9.30. The van der Waals surface area contributed by atoms with Crippen molar-refractivity contribution in [1.82, 2.24) is 5.32 Å². The highest BCUT2D eigenvalue weighted by Gasteiger charge is 2.19. The highest BCUT2D eigenvalue weighted by molar-refractivity contribution is 5.27. The van der Waals surface area contributed by atoms with Crippen LogP contribution in [0.1, 0.15) is 26.3 Å². The Labute approximate surface area is 127 Å². The summed E-state index contributed by atoms with van der Waals surface area (Å²) in [4.78, 5) is 0. The summed E-state index contributed by atoms with van der Waals surface area (Å²) in [5.74, 6) is 0.800. The van der Waals surface area contributed by atoms with Crippen LogP contribution in [-0.4, -0.2) is 36.7 Å². The zero-order valence-corrected chi connectivity index (χ0v) is 13.3. The molecule has 0 saturated heterocycles. The summed E-state index contributed by atoms with van der Waals surface area (Å²) in [6, 6.07) is 7.98. The predicted octanol–water partition coefficient (Wildman–Crippen LogP) is 2.52. The minimum atomic E-state index is -0.522. The second kappa shape index (κ2) is 8.82. The van der Waals surface area contributed by atoms with E-state index in [0.717, 1.165) is 12.2 Å². The van der Waals surface area contributed by atoms with E-state index in [-0.39, 0.29) is 0 Å². The minimum absolute atomic E-state index is 0.397. The van der Waals surface area contributed by atoms with Crippen LogP contribution >= 0.6 is 0 Å². The summed E-state index contributed by atoms with van der Waals surface area (Å²) >= 11 is 0. The van der Waals surface area contributed by atoms with Crippen molar-refractivity contribution in [3.8, 4) is 5.75 Å². The average molecular weight is 293 g/mol. The van der Waals surface area contributed by atoms with Crippen molar-refractivity contribution in [1.29, 1.82) is 0 Å². The van der Waals surface area contributed by atoms with Gasteiger partial charge in [0, 0.05) is 6.54 Å². The Bertz CT molecular complexity index is 413. The van der Waals surface area contributed by atoms with E-state index in [0.29, 0.717) is 19.8 Å². The Balaban J connectivity index is 2.44. The molecule has 0 saturated carbocycles. The van der Waals surface area contributed by atoms with Crippen LogP contribution in [0.25, 0.3) is 0 Å². The van der Waals surface area contributed by atoms with Gasteiger partial charge < -0.3 is 14.6 Å². The topological polar surface area (TPSA) is 50.7 Å². The third-order valence-corrected chi connectivity index (χ3v) is 2.89. The van der Waals surface area contributed by atoms with Gasteiger partial charge in [0.05, 0.1) is 19.3 Å². The average Bonchev–Trinajstić information content (AvgIpc) is 2.43. The molecule has 1 atom stereocenters. The van der Waals surface area contributed by atoms with Crippen LogP contribution < -0.4 is 10.1 Å². The van der Waals surface area contributed by atoms with Gasteiger partial charge in [0.1, 0.15) is 5.75 Å². The van der Waals surface area contributed by atoms with Crippen molar-refractivity contribution in [2.75, 3.05) is 19.8 Å². The lowest BCUT2D eigenvalue weighted by Crippen LogP contribution is -2.47. The van der Waals surface area contributed by atoms with Gasteiger partial charge in [-0.1, -0.05) is 18.2 Å². The van der Waals surface area contributed by atoms with Gasteiger partial charge in [-0.15, -0.1) is 6.58 Å². The fourth-order valence-electron chi connectivity index (χ4n) is 1.81. The Morgan fingerprint density at radius 2 is 2.00 bits per heavy atom. The number of rotatable bonds is 10. The summed E-state index contributed by atoms with van der Waals surface area (Å²) in [5.41, 5.74) is 0.687. The molecule has 1 rings (SSSR count). The van der Waals surface area contributed by atoms with E-state index in [2.05, 4.69) is 11.9 Å². The summed E-state index contributed by atoms with van der Waals surface area (Å²) in [7, 11) is 0. The van der Waals surface area contributed by atoms with Crippen LogP contribution in [0.15, 0.2) is 36.9 Å². The first kappa shape index (κ1) is 17.7. The number of aliphatic hydroxyl groups excluding tert-OH is 1. The summed E-state index contributed by atoms with van der Waals surface area (Å²) in [5, 5.41) is 12.5. The van der Waals surface area contributed by atoms with Crippen LogP contribution in [0.5, 0.6) is 5.75 Å². The van der Waals surface area contributed by atoms with Gasteiger partial charge in [0.25, 0.3) is 0 Å². The molecule has 0 fully saturated rings. The van der Waals surface area contributed by atoms with Crippen LogP contribution in [0.4, 0.5) is 0 Å². The highest BCUT2D eigenvalue weighted by Crippen LogP contribution is 2.17. The van der Waals surface area contributed by atoms with Crippen LogP contribution in [0.2, 0.25) is 0 Å². The summed E-state index contributed by atoms with van der Waals surface area (Å²) < 4.78 is 11.3. The molecule has 0 radical (unpaired) electrons. The molecule has 0 heterocycles. The standard InChI is InChI=1S/C17H27NO3/c1-5-11-20-12-10-15-6-8-16(9-7-15)21-17(3,4)18-13-14(2)19/h5-9,14,18-19H,1,10-13H2,2-4H3. The maximum atomic E-state index is 9.30. The molecule has 0 aliphatic rings. The summed E-state index contributed by atoms with van der Waals surface area (Å²) in [6.45, 7) is 11.0. The number of nitrogens with one attached hydrogen (secondary N) is 1. The molecular weight excluding hydrogens is 266 g/mol. The molecule has 4 heteroatoms. The van der Waals surface area contributed by atoms with E-state index in [9.17, 15) is 5.11 Å². The van der Waals surface area contributed by atoms with Crippen LogP contribution in [-0.2, 0) is 11.2 Å². The van der Waals surface area contributed by atoms with Gasteiger partial charge in [-0.25, -0.2) is 0 Å². The molecule has 0 bridgehead atoms. The smallest absolute Gasteiger partial charge is 0.155 e. The number of benzene rings is 1. The Morgan fingerprint density at radius 1 is 1.33 bits per heavy atom. The monoisotopic (exact) mass is 293 g/mol. The van der Waals surface area contributed by atoms with Crippen LogP contribution in [0.3, 0.4) is 0 Å². The molecule has 0 aliphatic carbocycles. The van der Waals surface area contributed by atoms with Crippen molar-refractivity contribution in [3.05, 3.63) is 42.5 Å². The van der Waals surface area contributed by atoms with E-state index in [4.69, 9.17) is 9.47 Å². The third-order valence-electron chi connectivity index (χ3n) is 2.89. The number of hydrogen-bond donors (Lipinski definition) is 2. The second-order valence-corrected chi connectivity index (χ2v) is 5.60. The van der Waals surface area contributed by atoms with Crippen molar-refractivity contribution in [2.45, 2.75) is 39.0 Å². The number of aliphatic hydroxyl groups is 1. The van der Waals surface area contributed by atoms with E-state index in [1.165, 1.54) is 5.56 Å². The van der Waals surface area contributed by atoms with Crippen molar-refractivity contribution < 1.29 is 14.6 Å². The molecule has 1 aromatic rings. The van der Waals surface area contributed by atoms with Crippen molar-refractivity contribution in [2.24, 2.45) is 0 Å². The zero-order valence-electron chi connectivity index (χ0n) is 13.3. The van der Waals surface area contributed by atoms with Gasteiger partial charge in [-0.2, -0.15) is 0 Å². The van der Waals surface area contributed by atoms with Crippen molar-refractivity contribution in [3.63, 3.8) is 0 Å². The van der Waals surface area contributed by atoms with Crippen molar-refractivity contribution >= 4 is 0 Å². The molecule has 118 valence electrons. The predicted molar refractivity (Wildman–Crippen MR) is 85.6 cm³/mol. The SMILES string of the molecule is C=CCOCCc1ccc(OC(C)(C)NCC(C)O)cc1. The Morgan fingerprint density at radius 3 is 2.57 bits per heavy atom. The molecule has 1 aromatic carbocycles. The molecule has 0 amide bonds. The van der Waals surface area contributed by atoms with Gasteiger partial charge in [0.15, 0.2) is 5.72 Å². The maximum Gasteiger partial charge on any atom is 0.155 e. The van der Waals surface area contributed by atoms with E-state index < -0.39 is 11.8 Å². The van der Waals surface area contributed by atoms with Crippen LogP contribution in [0, 0.1) is 0 Å². The third kappa shape index (κ3) is 7.85. The molecule has 2 N–H and O–H groups in total. The number of hydrogen-bond acceptors (Lipinski definition) is 4. The van der Waals surface area contributed by atoms with Gasteiger partial charge in [-0.05, 0) is 44.9 Å². The molecule has 1 unspecified atom stereocenters. The second-order valence-electron chi connectivity index (χ2n) is 5.60. The molecule has 0 aliphatic heterocycles. The molecular formula is C17H27NO3.